The zero-order chi connectivity index (χ0) is 10.4. The molecule has 0 saturated carbocycles. The predicted molar refractivity (Wildman–Crippen MR) is 55.9 cm³/mol. The molecule has 0 atom stereocenters. The third-order valence-electron chi connectivity index (χ3n) is 1.61. The van der Waals surface area contributed by atoms with Crippen molar-refractivity contribution in [1.29, 1.82) is 0 Å². The Kier molecular flexibility index (Phi) is 4.19. The second-order valence-electron chi connectivity index (χ2n) is 2.60. The minimum absolute atomic E-state index is 0.159. The van der Waals surface area contributed by atoms with Crippen LogP contribution in [0.15, 0.2) is 41.8 Å². The Morgan fingerprint density at radius 1 is 1.50 bits per heavy atom. The van der Waals surface area contributed by atoms with Gasteiger partial charge in [0.15, 0.2) is 0 Å². The number of benzene rings is 1. The Hall–Kier alpha value is -1.29. The molecule has 1 rings (SSSR count). The quantitative estimate of drug-likeness (QED) is 0.775. The van der Waals surface area contributed by atoms with Crippen LogP contribution in [-0.4, -0.2) is 12.5 Å². The van der Waals surface area contributed by atoms with Crippen molar-refractivity contribution < 1.29 is 8.68 Å². The molecule has 0 aromatic heterocycles. The molecule has 2 nitrogen and oxygen atoms in total. The van der Waals surface area contributed by atoms with Crippen molar-refractivity contribution in [2.45, 2.75) is 4.90 Å². The maximum atomic E-state index is 12.1. The molecule has 4 heteroatoms. The molecule has 0 bridgehead atoms. The van der Waals surface area contributed by atoms with Crippen molar-refractivity contribution >= 4 is 18.1 Å². The first-order chi connectivity index (χ1) is 6.77. The van der Waals surface area contributed by atoms with Crippen LogP contribution in [-0.2, 0) is 0 Å². The first-order valence-corrected chi connectivity index (χ1v) is 4.77. The number of hydrogen-bond acceptors (Lipinski definition) is 2. The number of carbonyl (C=O) groups is 1. The minimum atomic E-state index is -0.180. The lowest BCUT2D eigenvalue weighted by Crippen LogP contribution is -2.22. The number of hydrogen-bond donors (Lipinski definition) is 1. The summed E-state index contributed by atoms with van der Waals surface area (Å²) in [6.07, 6.45) is 1.60. The molecule has 0 spiro atoms. The Morgan fingerprint density at radius 3 is 2.64 bits per heavy atom. The zero-order valence-corrected chi connectivity index (χ0v) is 8.31. The van der Waals surface area contributed by atoms with Gasteiger partial charge in [-0.05, 0) is 24.3 Å². The van der Waals surface area contributed by atoms with E-state index in [1.54, 1.807) is 30.3 Å². The van der Waals surface area contributed by atoms with E-state index >= 15 is 0 Å². The molecular weight excluding hydrogens is 201 g/mol. The van der Waals surface area contributed by atoms with Gasteiger partial charge in [0.05, 0.1) is 12.1 Å². The molecule has 0 saturated heterocycles. The van der Waals surface area contributed by atoms with E-state index in [1.807, 2.05) is 0 Å². The highest BCUT2D eigenvalue weighted by Gasteiger charge is 2.03. The molecule has 0 aliphatic carbocycles. The standard InChI is InChI=1S/C10H10FNOS/c1-2-7-12-10(13)8-3-5-9(14-11)6-4-8/h2-6H,1,7H2,(H,12,13). The lowest BCUT2D eigenvalue weighted by atomic mass is 10.2. The second-order valence-corrected chi connectivity index (χ2v) is 3.23. The topological polar surface area (TPSA) is 29.1 Å². The summed E-state index contributed by atoms with van der Waals surface area (Å²) < 4.78 is 12.1. The molecule has 0 fully saturated rings. The highest BCUT2D eigenvalue weighted by Crippen LogP contribution is 2.18. The first-order valence-electron chi connectivity index (χ1n) is 4.05. The lowest BCUT2D eigenvalue weighted by Gasteiger charge is -2.01. The molecule has 0 unspecified atom stereocenters. The fourth-order valence-corrected chi connectivity index (χ4v) is 1.16. The van der Waals surface area contributed by atoms with E-state index in [0.717, 1.165) is 0 Å². The summed E-state index contributed by atoms with van der Waals surface area (Å²) in [5.41, 5.74) is 0.518. The smallest absolute Gasteiger partial charge is 0.251 e. The van der Waals surface area contributed by atoms with Gasteiger partial charge in [-0.2, -0.15) is 3.89 Å². The van der Waals surface area contributed by atoms with Gasteiger partial charge in [0.25, 0.3) is 5.91 Å². The molecule has 0 aliphatic heterocycles. The SMILES string of the molecule is C=CCNC(=O)c1ccc(SF)cc1. The van der Waals surface area contributed by atoms with Crippen molar-refractivity contribution in [2.24, 2.45) is 0 Å². The number of amides is 1. The van der Waals surface area contributed by atoms with Crippen LogP contribution in [0, 0.1) is 0 Å². The number of halogens is 1. The maximum absolute atomic E-state index is 12.1. The van der Waals surface area contributed by atoms with Crippen molar-refractivity contribution in [2.75, 3.05) is 6.54 Å². The number of carbonyl (C=O) groups excluding carboxylic acids is 1. The third kappa shape index (κ3) is 2.88. The van der Waals surface area contributed by atoms with Gasteiger partial charge in [0, 0.05) is 17.0 Å². The van der Waals surface area contributed by atoms with Crippen LogP contribution in [0.5, 0.6) is 0 Å². The molecule has 0 aliphatic rings. The molecular formula is C10H10FNOS. The molecule has 1 N–H and O–H groups in total. The molecule has 14 heavy (non-hydrogen) atoms. The fraction of sp³-hybridized carbons (Fsp3) is 0.100. The van der Waals surface area contributed by atoms with Crippen molar-refractivity contribution in [3.63, 3.8) is 0 Å². The summed E-state index contributed by atoms with van der Waals surface area (Å²) in [6, 6.07) is 6.29. The van der Waals surface area contributed by atoms with Gasteiger partial charge >= 0.3 is 0 Å². The average Bonchev–Trinajstić information content (AvgIpc) is 2.26. The van der Waals surface area contributed by atoms with Gasteiger partial charge in [-0.15, -0.1) is 6.58 Å². The summed E-state index contributed by atoms with van der Waals surface area (Å²) in [6.45, 7) is 3.92. The highest BCUT2D eigenvalue weighted by molar-refractivity contribution is 7.94. The average molecular weight is 211 g/mol. The van der Waals surface area contributed by atoms with E-state index in [9.17, 15) is 8.68 Å². The van der Waals surface area contributed by atoms with E-state index in [2.05, 4.69) is 11.9 Å². The monoisotopic (exact) mass is 211 g/mol. The van der Waals surface area contributed by atoms with E-state index in [-0.39, 0.29) is 18.1 Å². The van der Waals surface area contributed by atoms with Gasteiger partial charge < -0.3 is 5.32 Å². The van der Waals surface area contributed by atoms with Gasteiger partial charge in [-0.1, -0.05) is 6.08 Å². The summed E-state index contributed by atoms with van der Waals surface area (Å²) in [7, 11) is 0. The third-order valence-corrected chi connectivity index (χ3v) is 2.06. The predicted octanol–water partition coefficient (Wildman–Crippen LogP) is 2.58. The van der Waals surface area contributed by atoms with E-state index in [1.165, 1.54) is 0 Å². The second kappa shape index (κ2) is 5.44. The largest absolute Gasteiger partial charge is 0.349 e. The molecule has 1 aromatic rings. The minimum Gasteiger partial charge on any atom is -0.349 e. The van der Waals surface area contributed by atoms with Crippen LogP contribution in [0.4, 0.5) is 3.89 Å². The first kappa shape index (κ1) is 10.8. The lowest BCUT2D eigenvalue weighted by molar-refractivity contribution is 0.0958. The van der Waals surface area contributed by atoms with E-state index in [0.29, 0.717) is 17.0 Å². The maximum Gasteiger partial charge on any atom is 0.251 e. The van der Waals surface area contributed by atoms with Crippen molar-refractivity contribution in [3.05, 3.63) is 42.5 Å². The van der Waals surface area contributed by atoms with Crippen LogP contribution in [0.3, 0.4) is 0 Å². The number of nitrogens with one attached hydrogen (secondary N) is 1. The van der Waals surface area contributed by atoms with Crippen LogP contribution in [0.2, 0.25) is 0 Å². The summed E-state index contributed by atoms with van der Waals surface area (Å²) in [5, 5.41) is 2.63. The van der Waals surface area contributed by atoms with Gasteiger partial charge in [-0.25, -0.2) is 0 Å². The van der Waals surface area contributed by atoms with Gasteiger partial charge in [-0.3, -0.25) is 4.79 Å². The van der Waals surface area contributed by atoms with Crippen LogP contribution >= 0.6 is 12.1 Å². The summed E-state index contributed by atoms with van der Waals surface area (Å²) >= 11 is 0.159. The summed E-state index contributed by atoms with van der Waals surface area (Å²) in [4.78, 5) is 11.8. The Morgan fingerprint density at radius 2 is 2.14 bits per heavy atom. The van der Waals surface area contributed by atoms with Crippen LogP contribution in [0.25, 0.3) is 0 Å². The van der Waals surface area contributed by atoms with Crippen LogP contribution < -0.4 is 5.32 Å². The Labute approximate surface area is 86.5 Å². The molecule has 1 amide bonds. The fourth-order valence-electron chi connectivity index (χ4n) is 0.925. The van der Waals surface area contributed by atoms with Gasteiger partial charge in [0.2, 0.25) is 0 Å². The Bertz CT molecular complexity index is 323. The summed E-state index contributed by atoms with van der Waals surface area (Å²) in [5.74, 6) is -0.180. The molecule has 0 heterocycles. The molecule has 1 aromatic carbocycles. The van der Waals surface area contributed by atoms with Crippen LogP contribution in [0.1, 0.15) is 10.4 Å². The normalized spacial score (nSPS) is 9.50. The van der Waals surface area contributed by atoms with E-state index < -0.39 is 0 Å². The van der Waals surface area contributed by atoms with Crippen molar-refractivity contribution in [1.82, 2.24) is 5.32 Å². The molecule has 74 valence electrons. The van der Waals surface area contributed by atoms with Crippen molar-refractivity contribution in [3.8, 4) is 0 Å². The zero-order valence-electron chi connectivity index (χ0n) is 7.50. The molecule has 0 radical (unpaired) electrons. The van der Waals surface area contributed by atoms with Gasteiger partial charge in [0.1, 0.15) is 0 Å². The van der Waals surface area contributed by atoms with E-state index in [4.69, 9.17) is 0 Å². The number of rotatable bonds is 4. The Balaban J connectivity index is 2.66. The highest BCUT2D eigenvalue weighted by atomic mass is 32.2.